The summed E-state index contributed by atoms with van der Waals surface area (Å²) < 4.78 is 21.8. The summed E-state index contributed by atoms with van der Waals surface area (Å²) in [5.41, 5.74) is 4.00. The van der Waals surface area contributed by atoms with Gasteiger partial charge in [0.25, 0.3) is 11.3 Å². The Morgan fingerprint density at radius 3 is 2.32 bits per heavy atom. The Labute approximate surface area is 115 Å². The summed E-state index contributed by atoms with van der Waals surface area (Å²) in [6, 6.07) is 17.5. The van der Waals surface area contributed by atoms with E-state index in [9.17, 15) is 4.21 Å². The topological polar surface area (TPSA) is 49.3 Å². The third-order valence-electron chi connectivity index (χ3n) is 2.73. The van der Waals surface area contributed by atoms with Crippen molar-refractivity contribution in [3.05, 3.63) is 65.7 Å². The van der Waals surface area contributed by atoms with Gasteiger partial charge in [-0.05, 0) is 35.8 Å². The van der Waals surface area contributed by atoms with E-state index in [1.54, 1.807) is 12.1 Å². The van der Waals surface area contributed by atoms with Crippen LogP contribution in [0.25, 0.3) is 11.6 Å². The van der Waals surface area contributed by atoms with Crippen molar-refractivity contribution in [3.8, 4) is 0 Å². The molecule has 0 radical (unpaired) electrons. The summed E-state index contributed by atoms with van der Waals surface area (Å²) in [5.74, 6) is 0. The molecule has 0 bridgehead atoms. The summed E-state index contributed by atoms with van der Waals surface area (Å²) in [4.78, 5) is 0. The lowest BCUT2D eigenvalue weighted by Gasteiger charge is -2.05. The molecule has 0 saturated heterocycles. The molecular weight excluding hydrogens is 258 g/mol. The van der Waals surface area contributed by atoms with Gasteiger partial charge in [0.15, 0.2) is 0 Å². The second-order valence-electron chi connectivity index (χ2n) is 4.17. The standard InChI is InChI=1S/C15H15NO2S/c1-12(11-13-5-3-2-4-6-13)14-7-9-15(10-8-14)16-19(17)18/h2-11,16H,1H3,(H,17,18). The van der Waals surface area contributed by atoms with E-state index in [1.807, 2.05) is 49.4 Å². The van der Waals surface area contributed by atoms with Gasteiger partial charge in [-0.3, -0.25) is 9.27 Å². The van der Waals surface area contributed by atoms with Gasteiger partial charge in [-0.25, -0.2) is 4.21 Å². The zero-order chi connectivity index (χ0) is 13.7. The van der Waals surface area contributed by atoms with Crippen molar-refractivity contribution >= 4 is 28.6 Å². The number of nitrogens with one attached hydrogen (secondary N) is 1. The lowest BCUT2D eigenvalue weighted by molar-refractivity contribution is 0.570. The molecule has 0 amide bonds. The van der Waals surface area contributed by atoms with Crippen LogP contribution in [-0.4, -0.2) is 8.76 Å². The fourth-order valence-corrected chi connectivity index (χ4v) is 2.12. The van der Waals surface area contributed by atoms with Gasteiger partial charge in [-0.15, -0.1) is 0 Å². The number of rotatable bonds is 4. The zero-order valence-electron chi connectivity index (χ0n) is 10.5. The first kappa shape index (κ1) is 13.5. The molecule has 1 unspecified atom stereocenters. The molecule has 0 aliphatic heterocycles. The Hall–Kier alpha value is -1.91. The average molecular weight is 273 g/mol. The Morgan fingerprint density at radius 1 is 1.11 bits per heavy atom. The van der Waals surface area contributed by atoms with Crippen molar-refractivity contribution in [2.45, 2.75) is 6.92 Å². The Bertz CT molecular complexity index is 591. The smallest absolute Gasteiger partial charge is 0.259 e. The Kier molecular flexibility index (Phi) is 4.49. The quantitative estimate of drug-likeness (QED) is 0.657. The number of allylic oxidation sites excluding steroid dienone is 1. The minimum absolute atomic E-state index is 0.622. The van der Waals surface area contributed by atoms with E-state index in [2.05, 4.69) is 10.8 Å². The molecule has 3 nitrogen and oxygen atoms in total. The molecule has 2 rings (SSSR count). The van der Waals surface area contributed by atoms with Gasteiger partial charge < -0.3 is 0 Å². The van der Waals surface area contributed by atoms with E-state index in [0.29, 0.717) is 5.69 Å². The zero-order valence-corrected chi connectivity index (χ0v) is 11.4. The number of anilines is 1. The van der Waals surface area contributed by atoms with Gasteiger partial charge >= 0.3 is 0 Å². The van der Waals surface area contributed by atoms with Gasteiger partial charge in [-0.2, -0.15) is 0 Å². The molecule has 2 N–H and O–H groups in total. The van der Waals surface area contributed by atoms with Gasteiger partial charge in [0.05, 0.1) is 0 Å². The van der Waals surface area contributed by atoms with Crippen LogP contribution in [0.3, 0.4) is 0 Å². The van der Waals surface area contributed by atoms with Crippen molar-refractivity contribution in [3.63, 3.8) is 0 Å². The largest absolute Gasteiger partial charge is 0.289 e. The summed E-state index contributed by atoms with van der Waals surface area (Å²) >= 11 is -2.03. The van der Waals surface area contributed by atoms with Gasteiger partial charge in [0.1, 0.15) is 0 Å². The lowest BCUT2D eigenvalue weighted by atomic mass is 10.0. The summed E-state index contributed by atoms with van der Waals surface area (Å²) in [6.45, 7) is 2.04. The van der Waals surface area contributed by atoms with E-state index in [-0.39, 0.29) is 0 Å². The van der Waals surface area contributed by atoms with Crippen molar-refractivity contribution in [2.24, 2.45) is 0 Å². The van der Waals surface area contributed by atoms with Crippen LogP contribution >= 0.6 is 0 Å². The lowest BCUT2D eigenvalue weighted by Crippen LogP contribution is -2.01. The van der Waals surface area contributed by atoms with Crippen LogP contribution in [0, 0.1) is 0 Å². The predicted molar refractivity (Wildman–Crippen MR) is 80.8 cm³/mol. The third-order valence-corrected chi connectivity index (χ3v) is 3.14. The normalized spacial score (nSPS) is 13.1. The minimum Gasteiger partial charge on any atom is -0.289 e. The van der Waals surface area contributed by atoms with Crippen LogP contribution in [0.15, 0.2) is 54.6 Å². The molecule has 0 spiro atoms. The Morgan fingerprint density at radius 2 is 1.74 bits per heavy atom. The first-order chi connectivity index (χ1) is 9.15. The van der Waals surface area contributed by atoms with E-state index in [1.165, 1.54) is 0 Å². The molecule has 2 aromatic rings. The SMILES string of the molecule is CC(=Cc1ccccc1)c1ccc(NS(=O)O)cc1. The fraction of sp³-hybridized carbons (Fsp3) is 0.0667. The third kappa shape index (κ3) is 4.05. The highest BCUT2D eigenvalue weighted by Crippen LogP contribution is 2.19. The molecule has 2 aromatic carbocycles. The fourth-order valence-electron chi connectivity index (χ4n) is 1.78. The van der Waals surface area contributed by atoms with Crippen LogP contribution in [-0.2, 0) is 11.3 Å². The van der Waals surface area contributed by atoms with E-state index >= 15 is 0 Å². The highest BCUT2D eigenvalue weighted by Gasteiger charge is 1.98. The van der Waals surface area contributed by atoms with Gasteiger partial charge in [0, 0.05) is 5.69 Å². The maximum Gasteiger partial charge on any atom is 0.259 e. The molecule has 0 fully saturated rings. The summed E-state index contributed by atoms with van der Waals surface area (Å²) in [7, 11) is 0. The van der Waals surface area contributed by atoms with Gasteiger partial charge in [0.2, 0.25) is 0 Å². The second kappa shape index (κ2) is 6.31. The van der Waals surface area contributed by atoms with Crippen molar-refractivity contribution in [1.82, 2.24) is 0 Å². The van der Waals surface area contributed by atoms with Crippen LogP contribution in [0.2, 0.25) is 0 Å². The number of hydrogen-bond acceptors (Lipinski definition) is 1. The van der Waals surface area contributed by atoms with Crippen LogP contribution in [0.5, 0.6) is 0 Å². The summed E-state index contributed by atoms with van der Waals surface area (Å²) in [6.07, 6.45) is 2.10. The number of hydrogen-bond donors (Lipinski definition) is 2. The van der Waals surface area contributed by atoms with Crippen LogP contribution in [0.4, 0.5) is 5.69 Å². The molecule has 0 aliphatic rings. The molecule has 1 atom stereocenters. The first-order valence-corrected chi connectivity index (χ1v) is 6.97. The molecule has 98 valence electrons. The first-order valence-electron chi connectivity index (χ1n) is 5.86. The highest BCUT2D eigenvalue weighted by molar-refractivity contribution is 7.80. The highest BCUT2D eigenvalue weighted by atomic mass is 32.2. The monoisotopic (exact) mass is 273 g/mol. The minimum atomic E-state index is -2.03. The molecule has 0 heterocycles. The van der Waals surface area contributed by atoms with Crippen molar-refractivity contribution in [2.75, 3.05) is 4.72 Å². The maximum atomic E-state index is 10.6. The molecule has 0 aromatic heterocycles. The van der Waals surface area contributed by atoms with Crippen molar-refractivity contribution < 1.29 is 8.76 Å². The molecular formula is C15H15NO2S. The molecule has 0 aliphatic carbocycles. The Balaban J connectivity index is 2.18. The predicted octanol–water partition coefficient (Wildman–Crippen LogP) is 3.80. The molecule has 19 heavy (non-hydrogen) atoms. The van der Waals surface area contributed by atoms with Crippen LogP contribution in [0.1, 0.15) is 18.1 Å². The second-order valence-corrected chi connectivity index (χ2v) is 4.87. The number of benzene rings is 2. The molecule has 4 heteroatoms. The van der Waals surface area contributed by atoms with E-state index in [0.717, 1.165) is 16.7 Å². The van der Waals surface area contributed by atoms with E-state index < -0.39 is 11.3 Å². The van der Waals surface area contributed by atoms with Crippen molar-refractivity contribution in [1.29, 1.82) is 0 Å². The van der Waals surface area contributed by atoms with Crippen LogP contribution < -0.4 is 4.72 Å². The summed E-state index contributed by atoms with van der Waals surface area (Å²) in [5, 5.41) is 0. The maximum absolute atomic E-state index is 10.6. The average Bonchev–Trinajstić information content (AvgIpc) is 2.40. The van der Waals surface area contributed by atoms with Gasteiger partial charge in [-0.1, -0.05) is 48.5 Å². The molecule has 0 saturated carbocycles. The van der Waals surface area contributed by atoms with E-state index in [4.69, 9.17) is 4.55 Å².